The van der Waals surface area contributed by atoms with Crippen molar-refractivity contribution in [2.45, 2.75) is 51.0 Å². The Morgan fingerprint density at radius 3 is 2.80 bits per heavy atom. The number of hydrogen-bond acceptors (Lipinski definition) is 4. The first kappa shape index (κ1) is 13.6. The molecule has 1 amide bonds. The first-order chi connectivity index (χ1) is 9.79. The first-order valence-electron chi connectivity index (χ1n) is 7.78. The zero-order valence-electron chi connectivity index (χ0n) is 12.1. The van der Waals surface area contributed by atoms with Crippen LogP contribution < -0.4 is 5.32 Å². The van der Waals surface area contributed by atoms with Crippen LogP contribution >= 0.6 is 0 Å². The molecule has 0 unspecified atom stereocenters. The van der Waals surface area contributed by atoms with Gasteiger partial charge in [-0.15, -0.1) is 0 Å². The number of piperidine rings is 1. The number of amides is 1. The maximum Gasteiger partial charge on any atom is 0.276 e. The lowest BCUT2D eigenvalue weighted by atomic mass is 10.0. The second-order valence-electron chi connectivity index (χ2n) is 5.87. The van der Waals surface area contributed by atoms with Gasteiger partial charge in [0, 0.05) is 24.6 Å². The Kier molecular flexibility index (Phi) is 4.05. The molecule has 1 aliphatic heterocycles. The van der Waals surface area contributed by atoms with Crippen molar-refractivity contribution < 1.29 is 9.32 Å². The molecule has 1 saturated carbocycles. The van der Waals surface area contributed by atoms with Crippen LogP contribution in [0.25, 0.3) is 0 Å². The summed E-state index contributed by atoms with van der Waals surface area (Å²) in [5.41, 5.74) is 0.485. The Labute approximate surface area is 119 Å². The van der Waals surface area contributed by atoms with Gasteiger partial charge in [0.05, 0.1) is 0 Å². The van der Waals surface area contributed by atoms with Crippen molar-refractivity contribution in [1.29, 1.82) is 0 Å². The summed E-state index contributed by atoms with van der Waals surface area (Å²) >= 11 is 0. The Morgan fingerprint density at radius 2 is 2.15 bits per heavy atom. The molecule has 0 spiro atoms. The lowest BCUT2D eigenvalue weighted by Gasteiger charge is -2.34. The molecule has 1 saturated heterocycles. The lowest BCUT2D eigenvalue weighted by Crippen LogP contribution is -2.46. The van der Waals surface area contributed by atoms with Gasteiger partial charge in [-0.1, -0.05) is 12.1 Å². The highest BCUT2D eigenvalue weighted by Gasteiger charge is 2.31. The van der Waals surface area contributed by atoms with Crippen LogP contribution in [0.4, 0.5) is 0 Å². The SMILES string of the molecule is CCCN(C(=O)c1cc(C2CC2)on1)C1CCNCC1. The molecule has 0 atom stereocenters. The van der Waals surface area contributed by atoms with Crippen molar-refractivity contribution in [1.82, 2.24) is 15.4 Å². The van der Waals surface area contributed by atoms with E-state index >= 15 is 0 Å². The number of aromatic nitrogens is 1. The van der Waals surface area contributed by atoms with Crippen LogP contribution in [0.1, 0.15) is 61.2 Å². The van der Waals surface area contributed by atoms with Crippen molar-refractivity contribution in [3.63, 3.8) is 0 Å². The maximum absolute atomic E-state index is 12.7. The van der Waals surface area contributed by atoms with Crippen LogP contribution in [0, 0.1) is 0 Å². The average molecular weight is 277 g/mol. The molecule has 3 rings (SSSR count). The van der Waals surface area contributed by atoms with Gasteiger partial charge in [0.15, 0.2) is 5.69 Å². The van der Waals surface area contributed by atoms with Gasteiger partial charge in [0.2, 0.25) is 0 Å². The molecular weight excluding hydrogens is 254 g/mol. The van der Waals surface area contributed by atoms with Crippen LogP contribution in [0.3, 0.4) is 0 Å². The van der Waals surface area contributed by atoms with Crippen molar-refractivity contribution in [2.24, 2.45) is 0 Å². The van der Waals surface area contributed by atoms with Gasteiger partial charge in [-0.05, 0) is 45.2 Å². The fourth-order valence-electron chi connectivity index (χ4n) is 2.91. The van der Waals surface area contributed by atoms with Crippen LogP contribution in [0.15, 0.2) is 10.6 Å². The smallest absolute Gasteiger partial charge is 0.276 e. The van der Waals surface area contributed by atoms with E-state index in [1.54, 1.807) is 0 Å². The first-order valence-corrected chi connectivity index (χ1v) is 7.78. The molecule has 5 heteroatoms. The van der Waals surface area contributed by atoms with Crippen molar-refractivity contribution >= 4 is 5.91 Å². The van der Waals surface area contributed by atoms with Crippen LogP contribution in [-0.4, -0.2) is 41.6 Å². The van der Waals surface area contributed by atoms with E-state index in [4.69, 9.17) is 4.52 Å². The van der Waals surface area contributed by atoms with E-state index in [9.17, 15) is 4.79 Å². The normalized spacial score (nSPS) is 20.1. The van der Waals surface area contributed by atoms with E-state index in [0.29, 0.717) is 17.7 Å². The summed E-state index contributed by atoms with van der Waals surface area (Å²) in [5.74, 6) is 1.42. The molecular formula is C15H23N3O2. The quantitative estimate of drug-likeness (QED) is 0.896. The van der Waals surface area contributed by atoms with Gasteiger partial charge < -0.3 is 14.7 Å². The Morgan fingerprint density at radius 1 is 1.40 bits per heavy atom. The Balaban J connectivity index is 1.72. The van der Waals surface area contributed by atoms with E-state index in [1.807, 2.05) is 11.0 Å². The summed E-state index contributed by atoms with van der Waals surface area (Å²) in [4.78, 5) is 14.7. The van der Waals surface area contributed by atoms with E-state index in [0.717, 1.165) is 57.5 Å². The zero-order valence-corrected chi connectivity index (χ0v) is 12.1. The summed E-state index contributed by atoms with van der Waals surface area (Å²) in [5, 5.41) is 7.34. The molecule has 110 valence electrons. The van der Waals surface area contributed by atoms with Crippen molar-refractivity contribution in [2.75, 3.05) is 19.6 Å². The van der Waals surface area contributed by atoms with Gasteiger partial charge in [0.1, 0.15) is 5.76 Å². The molecule has 1 aromatic rings. The summed E-state index contributed by atoms with van der Waals surface area (Å²) in [6.07, 6.45) is 5.35. The molecule has 20 heavy (non-hydrogen) atoms. The minimum atomic E-state index is 0.0365. The summed E-state index contributed by atoms with van der Waals surface area (Å²) < 4.78 is 5.32. The Bertz CT molecular complexity index is 461. The molecule has 1 aliphatic carbocycles. The third kappa shape index (κ3) is 2.87. The van der Waals surface area contributed by atoms with Crippen LogP contribution in [-0.2, 0) is 0 Å². The van der Waals surface area contributed by atoms with Crippen molar-refractivity contribution in [3.05, 3.63) is 17.5 Å². The molecule has 1 N–H and O–H groups in total. The topological polar surface area (TPSA) is 58.4 Å². The fraction of sp³-hybridized carbons (Fsp3) is 0.733. The fourth-order valence-corrected chi connectivity index (χ4v) is 2.91. The summed E-state index contributed by atoms with van der Waals surface area (Å²) in [6, 6.07) is 2.19. The van der Waals surface area contributed by atoms with Gasteiger partial charge in [0.25, 0.3) is 5.91 Å². The van der Waals surface area contributed by atoms with E-state index in [1.165, 1.54) is 0 Å². The summed E-state index contributed by atoms with van der Waals surface area (Å²) in [7, 11) is 0. The number of rotatable bonds is 5. The lowest BCUT2D eigenvalue weighted by molar-refractivity contribution is 0.0632. The minimum Gasteiger partial charge on any atom is -0.360 e. The van der Waals surface area contributed by atoms with Gasteiger partial charge in [-0.3, -0.25) is 4.79 Å². The van der Waals surface area contributed by atoms with E-state index < -0.39 is 0 Å². The Hall–Kier alpha value is -1.36. The van der Waals surface area contributed by atoms with Crippen LogP contribution in [0.5, 0.6) is 0 Å². The molecule has 0 bridgehead atoms. The molecule has 2 aliphatic rings. The van der Waals surface area contributed by atoms with Gasteiger partial charge in [-0.25, -0.2) is 0 Å². The van der Waals surface area contributed by atoms with E-state index in [-0.39, 0.29) is 5.91 Å². The number of carbonyl (C=O) groups excluding carboxylic acids is 1. The number of nitrogens with zero attached hydrogens (tertiary/aromatic N) is 2. The number of carbonyl (C=O) groups is 1. The molecule has 5 nitrogen and oxygen atoms in total. The molecule has 0 aromatic carbocycles. The highest BCUT2D eigenvalue weighted by atomic mass is 16.5. The number of hydrogen-bond donors (Lipinski definition) is 1. The third-order valence-corrected chi connectivity index (χ3v) is 4.20. The average Bonchev–Trinajstić information content (AvgIpc) is 3.22. The van der Waals surface area contributed by atoms with E-state index in [2.05, 4.69) is 17.4 Å². The van der Waals surface area contributed by atoms with Crippen LogP contribution in [0.2, 0.25) is 0 Å². The predicted molar refractivity (Wildman–Crippen MR) is 75.7 cm³/mol. The molecule has 1 aromatic heterocycles. The second kappa shape index (κ2) is 5.95. The third-order valence-electron chi connectivity index (χ3n) is 4.20. The minimum absolute atomic E-state index is 0.0365. The highest BCUT2D eigenvalue weighted by molar-refractivity contribution is 5.92. The predicted octanol–water partition coefficient (Wildman–Crippen LogP) is 2.16. The molecule has 2 heterocycles. The molecule has 0 radical (unpaired) electrons. The molecule has 2 fully saturated rings. The van der Waals surface area contributed by atoms with Crippen molar-refractivity contribution in [3.8, 4) is 0 Å². The standard InChI is InChI=1S/C15H23N3O2/c1-2-9-18(12-5-7-16-8-6-12)15(19)13-10-14(20-17-13)11-3-4-11/h10-12,16H,2-9H2,1H3. The largest absolute Gasteiger partial charge is 0.360 e. The maximum atomic E-state index is 12.7. The zero-order chi connectivity index (χ0) is 13.9. The highest BCUT2D eigenvalue weighted by Crippen LogP contribution is 2.40. The van der Waals surface area contributed by atoms with Gasteiger partial charge >= 0.3 is 0 Å². The number of nitrogens with one attached hydrogen (secondary N) is 1. The monoisotopic (exact) mass is 277 g/mol. The second-order valence-corrected chi connectivity index (χ2v) is 5.87. The van der Waals surface area contributed by atoms with Gasteiger partial charge in [-0.2, -0.15) is 0 Å². The summed E-state index contributed by atoms with van der Waals surface area (Å²) in [6.45, 7) is 4.89.